The highest BCUT2D eigenvalue weighted by molar-refractivity contribution is 5.88. The second-order valence-corrected chi connectivity index (χ2v) is 3.24. The summed E-state index contributed by atoms with van der Waals surface area (Å²) >= 11 is 0. The highest BCUT2D eigenvalue weighted by Gasteiger charge is 2.19. The van der Waals surface area contributed by atoms with Crippen LogP contribution in [0.4, 0.5) is 0 Å². The zero-order chi connectivity index (χ0) is 10.6. The molecule has 0 fully saturated rings. The first-order chi connectivity index (χ1) is 6.70. The number of ketones is 1. The van der Waals surface area contributed by atoms with E-state index in [9.17, 15) is 4.79 Å². The fourth-order valence-electron chi connectivity index (χ4n) is 1.43. The van der Waals surface area contributed by atoms with Crippen LogP contribution >= 0.6 is 0 Å². The number of benzene rings is 1. The lowest BCUT2D eigenvalue weighted by molar-refractivity contribution is -0.119. The molecular weight excluding hydrogens is 174 g/mol. The molecule has 0 N–H and O–H groups in total. The Labute approximate surface area is 84.2 Å². The molecule has 0 aliphatic carbocycles. The van der Waals surface area contributed by atoms with Crippen LogP contribution in [0.1, 0.15) is 30.4 Å². The molecule has 0 amide bonds. The van der Waals surface area contributed by atoms with Crippen molar-refractivity contribution >= 4 is 5.78 Å². The molecule has 2 heteroatoms. The van der Waals surface area contributed by atoms with E-state index in [1.807, 2.05) is 31.2 Å². The number of Topliss-reactive ketones (excluding diaryl/α,β-unsaturated/α-hetero) is 1. The van der Waals surface area contributed by atoms with Crippen molar-refractivity contribution in [3.8, 4) is 6.07 Å². The van der Waals surface area contributed by atoms with E-state index in [0.29, 0.717) is 6.42 Å². The number of hydrogen-bond donors (Lipinski definition) is 0. The Balaban J connectivity index is 3.09. The van der Waals surface area contributed by atoms with E-state index in [1.54, 1.807) is 6.92 Å². The van der Waals surface area contributed by atoms with Crippen LogP contribution in [0.3, 0.4) is 0 Å². The summed E-state index contributed by atoms with van der Waals surface area (Å²) in [6, 6.07) is 9.59. The van der Waals surface area contributed by atoms with Crippen LogP contribution in [0.15, 0.2) is 24.3 Å². The smallest absolute Gasteiger partial charge is 0.154 e. The summed E-state index contributed by atoms with van der Waals surface area (Å²) in [5, 5.41) is 8.93. The molecule has 0 radical (unpaired) electrons. The molecule has 2 nitrogen and oxygen atoms in total. The van der Waals surface area contributed by atoms with E-state index in [1.165, 1.54) is 0 Å². The lowest BCUT2D eigenvalue weighted by Crippen LogP contribution is -2.10. The maximum atomic E-state index is 11.5. The Kier molecular flexibility index (Phi) is 3.41. The fraction of sp³-hybridized carbons (Fsp3) is 0.333. The van der Waals surface area contributed by atoms with E-state index >= 15 is 0 Å². The first-order valence-corrected chi connectivity index (χ1v) is 4.68. The van der Waals surface area contributed by atoms with E-state index in [4.69, 9.17) is 5.26 Å². The van der Waals surface area contributed by atoms with Gasteiger partial charge in [-0.1, -0.05) is 31.2 Å². The highest BCUT2D eigenvalue weighted by Crippen LogP contribution is 2.20. The Morgan fingerprint density at radius 1 is 1.50 bits per heavy atom. The Bertz CT molecular complexity index is 376. The molecule has 0 aromatic heterocycles. The SMILES string of the molecule is CCC(=O)C(C#N)c1ccccc1C. The molecule has 0 saturated carbocycles. The number of carbonyl (C=O) groups excluding carboxylic acids is 1. The second-order valence-electron chi connectivity index (χ2n) is 3.24. The van der Waals surface area contributed by atoms with E-state index in [0.717, 1.165) is 11.1 Å². The van der Waals surface area contributed by atoms with Gasteiger partial charge in [-0.05, 0) is 18.1 Å². The fourth-order valence-corrected chi connectivity index (χ4v) is 1.43. The summed E-state index contributed by atoms with van der Waals surface area (Å²) in [5.74, 6) is -0.608. The minimum Gasteiger partial charge on any atom is -0.298 e. The van der Waals surface area contributed by atoms with Crippen molar-refractivity contribution < 1.29 is 4.79 Å². The maximum absolute atomic E-state index is 11.5. The van der Waals surface area contributed by atoms with Gasteiger partial charge in [-0.25, -0.2) is 0 Å². The maximum Gasteiger partial charge on any atom is 0.154 e. The minimum absolute atomic E-state index is 0.0122. The first kappa shape index (κ1) is 10.5. The quantitative estimate of drug-likeness (QED) is 0.729. The van der Waals surface area contributed by atoms with Crippen molar-refractivity contribution in [1.29, 1.82) is 5.26 Å². The zero-order valence-electron chi connectivity index (χ0n) is 8.45. The summed E-state index contributed by atoms with van der Waals surface area (Å²) < 4.78 is 0. The summed E-state index contributed by atoms with van der Waals surface area (Å²) in [4.78, 5) is 11.5. The topological polar surface area (TPSA) is 40.9 Å². The predicted molar refractivity (Wildman–Crippen MR) is 54.8 cm³/mol. The van der Waals surface area contributed by atoms with E-state index in [2.05, 4.69) is 6.07 Å². The summed E-state index contributed by atoms with van der Waals surface area (Å²) in [5.41, 5.74) is 1.84. The summed E-state index contributed by atoms with van der Waals surface area (Å²) in [6.45, 7) is 3.70. The average Bonchev–Trinajstić information content (AvgIpc) is 2.21. The summed E-state index contributed by atoms with van der Waals surface area (Å²) in [7, 11) is 0. The van der Waals surface area contributed by atoms with Crippen molar-refractivity contribution in [2.75, 3.05) is 0 Å². The average molecular weight is 187 g/mol. The lowest BCUT2D eigenvalue weighted by Gasteiger charge is -2.09. The van der Waals surface area contributed by atoms with E-state index < -0.39 is 5.92 Å². The van der Waals surface area contributed by atoms with Crippen molar-refractivity contribution in [3.05, 3.63) is 35.4 Å². The van der Waals surface area contributed by atoms with Gasteiger partial charge in [-0.3, -0.25) is 4.79 Å². The molecule has 0 spiro atoms. The van der Waals surface area contributed by atoms with Gasteiger partial charge < -0.3 is 0 Å². The number of carbonyl (C=O) groups is 1. The number of rotatable bonds is 3. The van der Waals surface area contributed by atoms with Crippen LogP contribution in [-0.2, 0) is 4.79 Å². The molecule has 1 aromatic carbocycles. The molecule has 1 unspecified atom stereocenters. The summed E-state index contributed by atoms with van der Waals surface area (Å²) in [6.07, 6.45) is 0.409. The third kappa shape index (κ3) is 2.00. The number of nitriles is 1. The number of hydrogen-bond acceptors (Lipinski definition) is 2. The Morgan fingerprint density at radius 3 is 2.64 bits per heavy atom. The van der Waals surface area contributed by atoms with Crippen LogP contribution in [0.25, 0.3) is 0 Å². The van der Waals surface area contributed by atoms with Crippen LogP contribution in [0.5, 0.6) is 0 Å². The van der Waals surface area contributed by atoms with Gasteiger partial charge in [-0.2, -0.15) is 5.26 Å². The minimum atomic E-state index is -0.596. The van der Waals surface area contributed by atoms with Gasteiger partial charge in [0.2, 0.25) is 0 Å². The van der Waals surface area contributed by atoms with Crippen LogP contribution < -0.4 is 0 Å². The highest BCUT2D eigenvalue weighted by atomic mass is 16.1. The van der Waals surface area contributed by atoms with Gasteiger partial charge in [0.15, 0.2) is 5.78 Å². The van der Waals surface area contributed by atoms with Gasteiger partial charge in [-0.15, -0.1) is 0 Å². The third-order valence-electron chi connectivity index (χ3n) is 2.30. The van der Waals surface area contributed by atoms with Crippen molar-refractivity contribution in [2.24, 2.45) is 0 Å². The number of nitrogens with zero attached hydrogens (tertiary/aromatic N) is 1. The molecule has 72 valence electrons. The van der Waals surface area contributed by atoms with Crippen LogP contribution in [-0.4, -0.2) is 5.78 Å². The van der Waals surface area contributed by atoms with Gasteiger partial charge in [0.1, 0.15) is 5.92 Å². The third-order valence-corrected chi connectivity index (χ3v) is 2.30. The molecule has 14 heavy (non-hydrogen) atoms. The molecule has 1 aromatic rings. The molecule has 0 bridgehead atoms. The van der Waals surface area contributed by atoms with Crippen molar-refractivity contribution in [3.63, 3.8) is 0 Å². The normalized spacial score (nSPS) is 11.8. The first-order valence-electron chi connectivity index (χ1n) is 4.68. The zero-order valence-corrected chi connectivity index (χ0v) is 8.45. The lowest BCUT2D eigenvalue weighted by atomic mass is 9.91. The Hall–Kier alpha value is -1.62. The predicted octanol–water partition coefficient (Wildman–Crippen LogP) is 2.58. The molecular formula is C12H13NO. The molecule has 0 aliphatic rings. The van der Waals surface area contributed by atoms with Gasteiger partial charge >= 0.3 is 0 Å². The van der Waals surface area contributed by atoms with Crippen LogP contribution in [0.2, 0.25) is 0 Å². The second kappa shape index (κ2) is 4.57. The van der Waals surface area contributed by atoms with E-state index in [-0.39, 0.29) is 5.78 Å². The number of aryl methyl sites for hydroxylation is 1. The standard InChI is InChI=1S/C12H13NO/c1-3-12(14)11(8-13)10-7-5-4-6-9(10)2/h4-7,11H,3H2,1-2H3. The largest absolute Gasteiger partial charge is 0.298 e. The molecule has 0 saturated heterocycles. The monoisotopic (exact) mass is 187 g/mol. The van der Waals surface area contributed by atoms with Crippen molar-refractivity contribution in [2.45, 2.75) is 26.2 Å². The van der Waals surface area contributed by atoms with Gasteiger partial charge in [0.25, 0.3) is 0 Å². The molecule has 0 aliphatic heterocycles. The molecule has 0 heterocycles. The van der Waals surface area contributed by atoms with Crippen molar-refractivity contribution in [1.82, 2.24) is 0 Å². The molecule has 1 atom stereocenters. The van der Waals surface area contributed by atoms with Gasteiger partial charge in [0.05, 0.1) is 6.07 Å². The van der Waals surface area contributed by atoms with Gasteiger partial charge in [0, 0.05) is 6.42 Å². The Morgan fingerprint density at radius 2 is 2.14 bits per heavy atom. The van der Waals surface area contributed by atoms with Crippen LogP contribution in [0, 0.1) is 18.3 Å². The molecule has 1 rings (SSSR count).